The number of nitrogens with zero attached hydrogens (tertiary/aromatic N) is 2. The maximum Gasteiger partial charge on any atom is 0.338 e. The van der Waals surface area contributed by atoms with E-state index in [9.17, 15) is 14.7 Å². The van der Waals surface area contributed by atoms with Crippen LogP contribution in [0.15, 0.2) is 69.6 Å². The fourth-order valence-corrected chi connectivity index (χ4v) is 4.74. The molecule has 1 aliphatic heterocycles. The van der Waals surface area contributed by atoms with Gasteiger partial charge in [-0.25, -0.2) is 9.79 Å². The Morgan fingerprint density at radius 3 is 2.74 bits per heavy atom. The van der Waals surface area contributed by atoms with E-state index in [1.807, 2.05) is 30.3 Å². The normalized spacial score (nSPS) is 16.1. The van der Waals surface area contributed by atoms with Gasteiger partial charge in [-0.1, -0.05) is 53.3 Å². The van der Waals surface area contributed by atoms with Crippen molar-refractivity contribution < 1.29 is 14.6 Å². The molecule has 0 fully saturated rings. The van der Waals surface area contributed by atoms with Gasteiger partial charge >= 0.3 is 5.97 Å². The third-order valence-electron chi connectivity index (χ3n) is 4.91. The Bertz CT molecular complexity index is 1370. The summed E-state index contributed by atoms with van der Waals surface area (Å²) in [5.41, 5.74) is 1.73. The maximum absolute atomic E-state index is 13.4. The van der Waals surface area contributed by atoms with E-state index in [2.05, 4.69) is 4.99 Å². The van der Waals surface area contributed by atoms with Gasteiger partial charge in [-0.05, 0) is 43.7 Å². The Morgan fingerprint density at radius 1 is 1.29 bits per heavy atom. The Kier molecular flexibility index (Phi) is 5.80. The average molecular weight is 455 g/mol. The highest BCUT2D eigenvalue weighted by Crippen LogP contribution is 2.30. The fraction of sp³-hybridized carbons (Fsp3) is 0.174. The Labute approximate surface area is 187 Å². The molecule has 2 heterocycles. The molecule has 1 aromatic heterocycles. The molecule has 158 valence electrons. The van der Waals surface area contributed by atoms with E-state index in [1.165, 1.54) is 22.0 Å². The molecular formula is C23H19ClN2O4S. The van der Waals surface area contributed by atoms with E-state index in [-0.39, 0.29) is 17.9 Å². The SMILES string of the molecule is CCOC(=O)C1=C(C)N=c2s/c(=C/c3cc(Cl)ccc3O)c(=O)n2[C@H]1c1ccccc1. The van der Waals surface area contributed by atoms with E-state index >= 15 is 0 Å². The molecule has 0 amide bonds. The number of esters is 1. The van der Waals surface area contributed by atoms with Crippen LogP contribution in [0.25, 0.3) is 6.08 Å². The molecule has 4 rings (SSSR count). The van der Waals surface area contributed by atoms with Crippen LogP contribution in [0.3, 0.4) is 0 Å². The van der Waals surface area contributed by atoms with E-state index in [0.29, 0.717) is 31.2 Å². The van der Waals surface area contributed by atoms with E-state index in [1.54, 1.807) is 32.1 Å². The minimum absolute atomic E-state index is 0.0123. The summed E-state index contributed by atoms with van der Waals surface area (Å²) in [6.45, 7) is 3.69. The number of aromatic hydroxyl groups is 1. The maximum atomic E-state index is 13.4. The smallest absolute Gasteiger partial charge is 0.338 e. The highest BCUT2D eigenvalue weighted by atomic mass is 35.5. The number of hydrogen-bond acceptors (Lipinski definition) is 6. The van der Waals surface area contributed by atoms with Gasteiger partial charge in [0.05, 0.1) is 28.5 Å². The summed E-state index contributed by atoms with van der Waals surface area (Å²) in [5, 5.41) is 10.6. The summed E-state index contributed by atoms with van der Waals surface area (Å²) in [6.07, 6.45) is 1.58. The second-order valence-corrected chi connectivity index (χ2v) is 8.36. The van der Waals surface area contributed by atoms with Gasteiger partial charge in [-0.2, -0.15) is 0 Å². The molecule has 1 atom stereocenters. The molecule has 1 aliphatic rings. The summed E-state index contributed by atoms with van der Waals surface area (Å²) in [5.74, 6) is -0.488. The number of benzene rings is 2. The minimum Gasteiger partial charge on any atom is -0.507 e. The zero-order valence-electron chi connectivity index (χ0n) is 16.8. The van der Waals surface area contributed by atoms with Crippen molar-refractivity contribution in [3.63, 3.8) is 0 Å². The number of carbonyl (C=O) groups excluding carboxylic acids is 1. The third-order valence-corrected chi connectivity index (χ3v) is 6.13. The van der Waals surface area contributed by atoms with Crippen molar-refractivity contribution in [2.24, 2.45) is 4.99 Å². The van der Waals surface area contributed by atoms with E-state index < -0.39 is 12.0 Å². The summed E-state index contributed by atoms with van der Waals surface area (Å²) in [6, 6.07) is 13.3. The van der Waals surface area contributed by atoms with Crippen LogP contribution in [-0.2, 0) is 9.53 Å². The molecule has 6 nitrogen and oxygen atoms in total. The van der Waals surface area contributed by atoms with Gasteiger partial charge < -0.3 is 9.84 Å². The Balaban J connectivity index is 1.97. The van der Waals surface area contributed by atoms with Crippen molar-refractivity contribution >= 4 is 35.0 Å². The zero-order valence-corrected chi connectivity index (χ0v) is 18.4. The minimum atomic E-state index is -0.661. The highest BCUT2D eigenvalue weighted by Gasteiger charge is 2.33. The molecule has 0 radical (unpaired) electrons. The Hall–Kier alpha value is -3.16. The predicted molar refractivity (Wildman–Crippen MR) is 120 cm³/mol. The summed E-state index contributed by atoms with van der Waals surface area (Å²) in [4.78, 5) is 31.2. The molecule has 0 saturated carbocycles. The second-order valence-electron chi connectivity index (χ2n) is 6.92. The molecule has 31 heavy (non-hydrogen) atoms. The number of phenols is 1. The van der Waals surface area contributed by atoms with Crippen LogP contribution in [0, 0.1) is 0 Å². The van der Waals surface area contributed by atoms with Gasteiger partial charge in [0, 0.05) is 10.6 Å². The standard InChI is InChI=1S/C23H19ClN2O4S/c1-3-30-22(29)19-13(2)25-23-26(20(19)14-7-5-4-6-8-14)21(28)18(31-23)12-15-11-16(24)9-10-17(15)27/h4-12,20,27H,3H2,1-2H3/b18-12+/t20-/m0/s1. The quantitative estimate of drug-likeness (QED) is 0.614. The first-order chi connectivity index (χ1) is 14.9. The van der Waals surface area contributed by atoms with Crippen LogP contribution < -0.4 is 14.9 Å². The van der Waals surface area contributed by atoms with Crippen LogP contribution in [0.2, 0.25) is 5.02 Å². The van der Waals surface area contributed by atoms with Crippen molar-refractivity contribution in [1.82, 2.24) is 4.57 Å². The number of carbonyl (C=O) groups is 1. The lowest BCUT2D eigenvalue weighted by Crippen LogP contribution is -2.39. The lowest BCUT2D eigenvalue weighted by Gasteiger charge is -2.24. The van der Waals surface area contributed by atoms with E-state index in [0.717, 1.165) is 5.56 Å². The van der Waals surface area contributed by atoms with Gasteiger partial charge in [0.15, 0.2) is 4.80 Å². The number of hydrogen-bond donors (Lipinski definition) is 1. The summed E-state index contributed by atoms with van der Waals surface area (Å²) < 4.78 is 7.14. The second kappa shape index (κ2) is 8.53. The van der Waals surface area contributed by atoms with Crippen molar-refractivity contribution in [2.45, 2.75) is 19.9 Å². The van der Waals surface area contributed by atoms with Gasteiger partial charge in [0.1, 0.15) is 5.75 Å². The van der Waals surface area contributed by atoms with Crippen molar-refractivity contribution in [1.29, 1.82) is 0 Å². The van der Waals surface area contributed by atoms with Gasteiger partial charge in [-0.15, -0.1) is 0 Å². The zero-order chi connectivity index (χ0) is 22.1. The molecule has 3 aromatic rings. The monoisotopic (exact) mass is 454 g/mol. The van der Waals surface area contributed by atoms with E-state index in [4.69, 9.17) is 16.3 Å². The third kappa shape index (κ3) is 3.94. The van der Waals surface area contributed by atoms with Gasteiger partial charge in [0.25, 0.3) is 5.56 Å². The van der Waals surface area contributed by atoms with Gasteiger partial charge in [0.2, 0.25) is 0 Å². The molecule has 0 aliphatic carbocycles. The number of allylic oxidation sites excluding steroid dienone is 1. The highest BCUT2D eigenvalue weighted by molar-refractivity contribution is 7.07. The molecular weight excluding hydrogens is 436 g/mol. The number of fused-ring (bicyclic) bond motifs is 1. The largest absolute Gasteiger partial charge is 0.507 e. The lowest BCUT2D eigenvalue weighted by atomic mass is 9.96. The molecule has 0 spiro atoms. The van der Waals surface area contributed by atoms with Crippen LogP contribution in [0.5, 0.6) is 5.75 Å². The lowest BCUT2D eigenvalue weighted by molar-refractivity contribution is -0.139. The molecule has 2 aromatic carbocycles. The molecule has 0 saturated heterocycles. The topological polar surface area (TPSA) is 80.9 Å². The number of phenolic OH excluding ortho intramolecular Hbond substituents is 1. The molecule has 1 N–H and O–H groups in total. The van der Waals surface area contributed by atoms with Crippen LogP contribution >= 0.6 is 22.9 Å². The molecule has 8 heteroatoms. The molecule has 0 bridgehead atoms. The first-order valence-electron chi connectivity index (χ1n) is 9.64. The molecule has 0 unspecified atom stereocenters. The number of aromatic nitrogens is 1. The number of rotatable bonds is 4. The first-order valence-corrected chi connectivity index (χ1v) is 10.8. The van der Waals surface area contributed by atoms with Crippen molar-refractivity contribution in [2.75, 3.05) is 6.61 Å². The predicted octanol–water partition coefficient (Wildman–Crippen LogP) is 3.16. The van der Waals surface area contributed by atoms with Crippen LogP contribution in [-0.4, -0.2) is 22.2 Å². The van der Waals surface area contributed by atoms with Crippen LogP contribution in [0.1, 0.15) is 31.0 Å². The number of ether oxygens (including phenoxy) is 1. The number of halogens is 1. The van der Waals surface area contributed by atoms with Gasteiger partial charge in [-0.3, -0.25) is 9.36 Å². The summed E-state index contributed by atoms with van der Waals surface area (Å²) >= 11 is 7.23. The average Bonchev–Trinajstić information content (AvgIpc) is 3.05. The summed E-state index contributed by atoms with van der Waals surface area (Å²) in [7, 11) is 0. The van der Waals surface area contributed by atoms with Crippen molar-refractivity contribution in [3.8, 4) is 5.75 Å². The van der Waals surface area contributed by atoms with Crippen LogP contribution in [0.4, 0.5) is 0 Å². The number of thiazole rings is 1. The van der Waals surface area contributed by atoms with Crippen molar-refractivity contribution in [3.05, 3.63) is 95.6 Å². The Morgan fingerprint density at radius 2 is 2.03 bits per heavy atom. The fourth-order valence-electron chi connectivity index (χ4n) is 3.52. The first kappa shape index (κ1) is 21.1.